The van der Waals surface area contributed by atoms with Crippen LogP contribution in [-0.4, -0.2) is 5.91 Å². The predicted octanol–water partition coefficient (Wildman–Crippen LogP) is 4.71. The first kappa shape index (κ1) is 15.8. The molecule has 4 rings (SSSR count). The maximum Gasteiger partial charge on any atom is 0.252 e. The normalized spacial score (nSPS) is 13.9. The molecule has 0 saturated carbocycles. The Morgan fingerprint density at radius 3 is 2.52 bits per heavy atom. The molecule has 3 aromatic carbocycles. The van der Waals surface area contributed by atoms with Crippen LogP contribution in [0.3, 0.4) is 0 Å². The second-order valence-electron chi connectivity index (χ2n) is 6.48. The number of hydrogen-bond acceptors (Lipinski definition) is 1. The predicted molar refractivity (Wildman–Crippen MR) is 93.6 cm³/mol. The van der Waals surface area contributed by atoms with Crippen LogP contribution in [0.5, 0.6) is 0 Å². The first-order chi connectivity index (χ1) is 12.0. The summed E-state index contributed by atoms with van der Waals surface area (Å²) in [4.78, 5) is 12.8. The topological polar surface area (TPSA) is 29.1 Å². The van der Waals surface area contributed by atoms with Crippen LogP contribution in [0.1, 0.15) is 40.0 Å². The summed E-state index contributed by atoms with van der Waals surface area (Å²) in [5.74, 6) is -2.02. The smallest absolute Gasteiger partial charge is 0.252 e. The van der Waals surface area contributed by atoms with Crippen LogP contribution >= 0.6 is 0 Å². The van der Waals surface area contributed by atoms with Gasteiger partial charge in [0, 0.05) is 5.56 Å². The molecule has 1 N–H and O–H groups in total. The second-order valence-corrected chi connectivity index (χ2v) is 6.48. The van der Waals surface area contributed by atoms with Crippen LogP contribution < -0.4 is 5.32 Å². The Bertz CT molecular complexity index is 986. The number of carbonyl (C=O) groups excluding carboxylic acids is 1. The van der Waals surface area contributed by atoms with Gasteiger partial charge in [-0.05, 0) is 65.4 Å². The summed E-state index contributed by atoms with van der Waals surface area (Å²) < 4.78 is 26.5. The van der Waals surface area contributed by atoms with Gasteiger partial charge < -0.3 is 5.32 Å². The van der Waals surface area contributed by atoms with E-state index in [0.717, 1.165) is 30.4 Å². The van der Waals surface area contributed by atoms with E-state index >= 15 is 0 Å². The first-order valence-electron chi connectivity index (χ1n) is 8.34. The fourth-order valence-electron chi connectivity index (χ4n) is 3.58. The van der Waals surface area contributed by atoms with Gasteiger partial charge in [-0.1, -0.05) is 30.3 Å². The number of amides is 1. The lowest BCUT2D eigenvalue weighted by atomic mass is 9.99. The molecular weight excluding hydrogens is 320 g/mol. The zero-order valence-corrected chi connectivity index (χ0v) is 13.8. The third-order valence-electron chi connectivity index (χ3n) is 4.91. The molecule has 1 aliphatic carbocycles. The highest BCUT2D eigenvalue weighted by atomic mass is 19.2. The number of carbonyl (C=O) groups is 1. The van der Waals surface area contributed by atoms with Crippen molar-refractivity contribution in [3.8, 4) is 0 Å². The largest absolute Gasteiger partial charge is 0.345 e. The zero-order chi connectivity index (χ0) is 17.6. The van der Waals surface area contributed by atoms with Gasteiger partial charge in [0.2, 0.25) is 0 Å². The summed E-state index contributed by atoms with van der Waals surface area (Å²) in [6.07, 6.45) is 2.01. The molecule has 1 unspecified atom stereocenters. The van der Waals surface area contributed by atoms with E-state index in [1.807, 2.05) is 24.3 Å². The van der Waals surface area contributed by atoms with Crippen LogP contribution in [0.2, 0.25) is 0 Å². The minimum absolute atomic E-state index is 0.215. The van der Waals surface area contributed by atoms with Crippen molar-refractivity contribution >= 4 is 16.7 Å². The second kappa shape index (κ2) is 5.96. The van der Waals surface area contributed by atoms with Gasteiger partial charge in [-0.15, -0.1) is 0 Å². The van der Waals surface area contributed by atoms with Gasteiger partial charge in [0.05, 0.1) is 6.04 Å². The van der Waals surface area contributed by atoms with E-state index in [1.54, 1.807) is 6.92 Å². The van der Waals surface area contributed by atoms with E-state index in [-0.39, 0.29) is 5.91 Å². The van der Waals surface area contributed by atoms with Gasteiger partial charge in [0.25, 0.3) is 5.91 Å². The molecule has 4 heteroatoms. The lowest BCUT2D eigenvalue weighted by Crippen LogP contribution is -2.27. The Morgan fingerprint density at radius 2 is 1.76 bits per heavy atom. The Hall–Kier alpha value is -2.75. The minimum atomic E-state index is -0.913. The van der Waals surface area contributed by atoms with Crippen LogP contribution in [0.25, 0.3) is 10.8 Å². The van der Waals surface area contributed by atoms with Crippen molar-refractivity contribution in [3.05, 3.63) is 82.4 Å². The van der Waals surface area contributed by atoms with Gasteiger partial charge in [0.15, 0.2) is 11.6 Å². The molecule has 126 valence electrons. The molecule has 0 spiro atoms. The summed E-state index contributed by atoms with van der Waals surface area (Å²) in [6, 6.07) is 13.1. The summed E-state index contributed by atoms with van der Waals surface area (Å²) in [6.45, 7) is 1.75. The van der Waals surface area contributed by atoms with Crippen molar-refractivity contribution in [2.45, 2.75) is 25.8 Å². The monoisotopic (exact) mass is 337 g/mol. The molecule has 25 heavy (non-hydrogen) atoms. The number of hydrogen-bond donors (Lipinski definition) is 1. The molecule has 0 bridgehead atoms. The molecule has 0 radical (unpaired) electrons. The lowest BCUT2D eigenvalue weighted by molar-refractivity contribution is 0.0941. The lowest BCUT2D eigenvalue weighted by Gasteiger charge is -2.16. The average Bonchev–Trinajstić information content (AvgIpc) is 3.02. The summed E-state index contributed by atoms with van der Waals surface area (Å²) in [7, 11) is 0. The molecule has 1 aliphatic rings. The van der Waals surface area contributed by atoms with Crippen LogP contribution in [0.15, 0.2) is 48.5 Å². The standard InChI is InChI=1S/C21H17F2NO/c1-12(15-8-10-18(22)19(23)11-15)24-21(25)17-9-7-14-6-5-13-3-2-4-16(17)20(13)14/h2-4,7-12H,5-6H2,1H3,(H,24,25). The van der Waals surface area contributed by atoms with E-state index in [9.17, 15) is 13.6 Å². The fraction of sp³-hybridized carbons (Fsp3) is 0.190. The van der Waals surface area contributed by atoms with E-state index in [0.29, 0.717) is 11.1 Å². The third kappa shape index (κ3) is 2.68. The highest BCUT2D eigenvalue weighted by Gasteiger charge is 2.20. The van der Waals surface area contributed by atoms with Crippen LogP contribution in [0.4, 0.5) is 8.78 Å². The number of aryl methyl sites for hydroxylation is 2. The zero-order valence-electron chi connectivity index (χ0n) is 13.8. The van der Waals surface area contributed by atoms with E-state index < -0.39 is 17.7 Å². The van der Waals surface area contributed by atoms with Gasteiger partial charge in [0.1, 0.15) is 0 Å². The number of rotatable bonds is 3. The van der Waals surface area contributed by atoms with Crippen molar-refractivity contribution in [2.24, 2.45) is 0 Å². The molecule has 2 nitrogen and oxygen atoms in total. The third-order valence-corrected chi connectivity index (χ3v) is 4.91. The van der Waals surface area contributed by atoms with E-state index in [2.05, 4.69) is 11.4 Å². The van der Waals surface area contributed by atoms with Crippen LogP contribution in [0, 0.1) is 11.6 Å². The minimum Gasteiger partial charge on any atom is -0.345 e. The van der Waals surface area contributed by atoms with Gasteiger partial charge in [-0.3, -0.25) is 4.79 Å². The Kier molecular flexibility index (Phi) is 3.75. The number of nitrogens with one attached hydrogen (secondary N) is 1. The van der Waals surface area contributed by atoms with Gasteiger partial charge >= 0.3 is 0 Å². The van der Waals surface area contributed by atoms with Gasteiger partial charge in [-0.25, -0.2) is 8.78 Å². The molecular formula is C21H17F2NO. The quantitative estimate of drug-likeness (QED) is 0.737. The molecule has 1 amide bonds. The molecule has 0 aliphatic heterocycles. The molecule has 0 fully saturated rings. The van der Waals surface area contributed by atoms with Crippen molar-refractivity contribution in [1.82, 2.24) is 5.32 Å². The number of benzene rings is 3. The Morgan fingerprint density at radius 1 is 1.00 bits per heavy atom. The summed E-state index contributed by atoms with van der Waals surface area (Å²) in [5, 5.41) is 5.01. The van der Waals surface area contributed by atoms with Crippen LogP contribution in [-0.2, 0) is 12.8 Å². The van der Waals surface area contributed by atoms with Crippen molar-refractivity contribution < 1.29 is 13.6 Å². The van der Waals surface area contributed by atoms with Crippen molar-refractivity contribution in [1.29, 1.82) is 0 Å². The van der Waals surface area contributed by atoms with Gasteiger partial charge in [-0.2, -0.15) is 0 Å². The molecule has 0 saturated heterocycles. The summed E-state index contributed by atoms with van der Waals surface area (Å²) in [5.41, 5.74) is 3.68. The van der Waals surface area contributed by atoms with E-state index in [1.165, 1.54) is 22.6 Å². The summed E-state index contributed by atoms with van der Waals surface area (Å²) >= 11 is 0. The SMILES string of the molecule is CC(NC(=O)c1ccc2c3c(cccc13)CC2)c1ccc(F)c(F)c1. The molecule has 0 aromatic heterocycles. The fourth-order valence-corrected chi connectivity index (χ4v) is 3.58. The molecule has 0 heterocycles. The number of halogens is 2. The maximum absolute atomic E-state index is 13.4. The first-order valence-corrected chi connectivity index (χ1v) is 8.34. The van der Waals surface area contributed by atoms with Crippen molar-refractivity contribution in [2.75, 3.05) is 0 Å². The van der Waals surface area contributed by atoms with Crippen molar-refractivity contribution in [3.63, 3.8) is 0 Å². The highest BCUT2D eigenvalue weighted by molar-refractivity contribution is 6.09. The highest BCUT2D eigenvalue weighted by Crippen LogP contribution is 2.33. The van der Waals surface area contributed by atoms with E-state index in [4.69, 9.17) is 0 Å². The average molecular weight is 337 g/mol. The molecule has 1 atom stereocenters. The molecule has 3 aromatic rings. The maximum atomic E-state index is 13.4. The Labute approximate surface area is 144 Å². The Balaban J connectivity index is 1.66.